The quantitative estimate of drug-likeness (QED) is 0.516. The number of amides is 2. The summed E-state index contributed by atoms with van der Waals surface area (Å²) in [5.41, 5.74) is 3.83. The summed E-state index contributed by atoms with van der Waals surface area (Å²) in [5, 5.41) is 2.09. The Morgan fingerprint density at radius 1 is 1.09 bits per heavy atom. The summed E-state index contributed by atoms with van der Waals surface area (Å²) >= 11 is 1.74. The van der Waals surface area contributed by atoms with Gasteiger partial charge in [-0.2, -0.15) is 0 Å². The third-order valence-corrected chi connectivity index (χ3v) is 6.96. The van der Waals surface area contributed by atoms with E-state index >= 15 is 0 Å². The van der Waals surface area contributed by atoms with E-state index in [-0.39, 0.29) is 30.2 Å². The van der Waals surface area contributed by atoms with E-state index in [4.69, 9.17) is 0 Å². The third-order valence-electron chi connectivity index (χ3n) is 5.97. The predicted molar refractivity (Wildman–Crippen MR) is 125 cm³/mol. The Kier molecular flexibility index (Phi) is 6.70. The lowest BCUT2D eigenvalue weighted by molar-refractivity contribution is -0.134. The van der Waals surface area contributed by atoms with Crippen LogP contribution < -0.4 is 0 Å². The van der Waals surface area contributed by atoms with Crippen LogP contribution in [0.2, 0.25) is 0 Å². The van der Waals surface area contributed by atoms with Gasteiger partial charge in [0.05, 0.1) is 6.04 Å². The number of hydrogen-bond acceptors (Lipinski definition) is 3. The van der Waals surface area contributed by atoms with Crippen molar-refractivity contribution in [2.75, 3.05) is 19.6 Å². The van der Waals surface area contributed by atoms with Gasteiger partial charge in [0.2, 0.25) is 5.91 Å². The molecule has 32 heavy (non-hydrogen) atoms. The highest BCUT2D eigenvalue weighted by Crippen LogP contribution is 2.39. The van der Waals surface area contributed by atoms with Crippen LogP contribution in [0.3, 0.4) is 0 Å². The number of hydrogen-bond donors (Lipinski definition) is 0. The molecular weight excluding hydrogens is 423 g/mol. The first kappa shape index (κ1) is 22.2. The third kappa shape index (κ3) is 4.46. The minimum Gasteiger partial charge on any atom is -0.330 e. The van der Waals surface area contributed by atoms with Crippen molar-refractivity contribution in [2.45, 2.75) is 32.7 Å². The largest absolute Gasteiger partial charge is 0.330 e. The highest BCUT2D eigenvalue weighted by Gasteiger charge is 2.34. The molecule has 4 rings (SSSR count). The van der Waals surface area contributed by atoms with Gasteiger partial charge >= 0.3 is 0 Å². The molecule has 6 heteroatoms. The van der Waals surface area contributed by atoms with Crippen molar-refractivity contribution in [3.63, 3.8) is 0 Å². The fourth-order valence-electron chi connectivity index (χ4n) is 4.37. The number of fused-ring (bicyclic) bond motifs is 1. The summed E-state index contributed by atoms with van der Waals surface area (Å²) in [7, 11) is 0. The number of aryl methyl sites for hydroxylation is 1. The summed E-state index contributed by atoms with van der Waals surface area (Å²) in [6, 6.07) is 15.6. The Morgan fingerprint density at radius 2 is 1.84 bits per heavy atom. The minimum absolute atomic E-state index is 0.00585. The number of halogens is 1. The maximum atomic E-state index is 13.6. The molecule has 0 fully saturated rings. The predicted octanol–water partition coefficient (Wildman–Crippen LogP) is 5.22. The summed E-state index contributed by atoms with van der Waals surface area (Å²) in [6.07, 6.45) is 1.55. The van der Waals surface area contributed by atoms with Crippen LogP contribution in [-0.4, -0.2) is 41.2 Å². The molecule has 2 heterocycles. The Hall–Kier alpha value is -2.99. The molecule has 0 bridgehead atoms. The molecule has 4 nitrogen and oxygen atoms in total. The molecule has 0 saturated carbocycles. The Bertz CT molecular complexity index is 1110. The van der Waals surface area contributed by atoms with Crippen LogP contribution in [0, 0.1) is 12.7 Å². The topological polar surface area (TPSA) is 40.6 Å². The van der Waals surface area contributed by atoms with Crippen LogP contribution >= 0.6 is 11.3 Å². The maximum absolute atomic E-state index is 13.6. The van der Waals surface area contributed by atoms with Crippen molar-refractivity contribution < 1.29 is 14.0 Å². The second kappa shape index (κ2) is 9.65. The van der Waals surface area contributed by atoms with Crippen LogP contribution in [0.1, 0.15) is 51.3 Å². The first-order valence-corrected chi connectivity index (χ1v) is 11.8. The van der Waals surface area contributed by atoms with E-state index in [1.807, 2.05) is 24.0 Å². The molecule has 0 saturated heterocycles. The zero-order valence-corrected chi connectivity index (χ0v) is 19.2. The van der Waals surface area contributed by atoms with Crippen molar-refractivity contribution >= 4 is 23.2 Å². The molecule has 1 atom stereocenters. The monoisotopic (exact) mass is 450 g/mol. The van der Waals surface area contributed by atoms with Crippen LogP contribution in [0.25, 0.3) is 0 Å². The average Bonchev–Trinajstić information content (AvgIpc) is 3.27. The Labute approximate surface area is 192 Å². The molecule has 0 N–H and O–H groups in total. The minimum atomic E-state index is -0.388. The summed E-state index contributed by atoms with van der Waals surface area (Å²) in [6.45, 7) is 5.14. The number of rotatable bonds is 6. The average molecular weight is 451 g/mol. The lowest BCUT2D eigenvalue weighted by atomic mass is 9.90. The second-order valence-corrected chi connectivity index (χ2v) is 9.13. The fourth-order valence-corrected chi connectivity index (χ4v) is 5.27. The van der Waals surface area contributed by atoms with E-state index in [0.29, 0.717) is 18.7 Å². The molecule has 2 aromatic carbocycles. The fraction of sp³-hybridized carbons (Fsp3) is 0.308. The number of carbonyl (C=O) groups is 2. The molecule has 1 aliphatic heterocycles. The van der Waals surface area contributed by atoms with Crippen LogP contribution in [0.5, 0.6) is 0 Å². The second-order valence-electron chi connectivity index (χ2n) is 8.13. The van der Waals surface area contributed by atoms with Crippen LogP contribution in [-0.2, 0) is 11.2 Å². The van der Waals surface area contributed by atoms with Gasteiger partial charge in [-0.15, -0.1) is 11.3 Å². The lowest BCUT2D eigenvalue weighted by Crippen LogP contribution is -2.47. The molecule has 0 radical (unpaired) electrons. The van der Waals surface area contributed by atoms with Crippen molar-refractivity contribution in [3.05, 3.63) is 92.9 Å². The number of benzene rings is 2. The summed E-state index contributed by atoms with van der Waals surface area (Å²) in [4.78, 5) is 31.4. The van der Waals surface area contributed by atoms with Crippen LogP contribution in [0.4, 0.5) is 4.39 Å². The van der Waals surface area contributed by atoms with Gasteiger partial charge in [-0.3, -0.25) is 9.59 Å². The van der Waals surface area contributed by atoms with Gasteiger partial charge in [0.15, 0.2) is 0 Å². The number of thiophene rings is 1. The molecule has 2 amide bonds. The Morgan fingerprint density at radius 3 is 2.56 bits per heavy atom. The van der Waals surface area contributed by atoms with E-state index in [1.165, 1.54) is 34.7 Å². The van der Waals surface area contributed by atoms with Crippen LogP contribution in [0.15, 0.2) is 60.0 Å². The van der Waals surface area contributed by atoms with E-state index in [9.17, 15) is 14.0 Å². The Balaban J connectivity index is 1.62. The molecule has 166 valence electrons. The van der Waals surface area contributed by atoms with Gasteiger partial charge in [-0.05, 0) is 72.2 Å². The summed E-state index contributed by atoms with van der Waals surface area (Å²) in [5.74, 6) is -0.708. The van der Waals surface area contributed by atoms with Crippen molar-refractivity contribution in [1.29, 1.82) is 0 Å². The molecule has 1 aliphatic rings. The van der Waals surface area contributed by atoms with E-state index < -0.39 is 0 Å². The standard InChI is InChI=1S/C26H27FN2O2S/c1-3-14-28(26(31)19-8-10-20(27)11-9-19)17-24(30)29-15-12-23-22(13-16-32-23)25(29)21-7-5-4-6-18(21)2/h4-11,13,16,25H,3,12,14-15,17H2,1-2H3. The van der Waals surface area contributed by atoms with Gasteiger partial charge in [0.1, 0.15) is 12.4 Å². The first-order chi connectivity index (χ1) is 15.5. The SMILES string of the molecule is CCCN(CC(=O)N1CCc2sccc2C1c1ccccc1C)C(=O)c1ccc(F)cc1. The molecule has 1 unspecified atom stereocenters. The molecule has 3 aromatic rings. The smallest absolute Gasteiger partial charge is 0.254 e. The van der Waals surface area contributed by atoms with Gasteiger partial charge in [-0.25, -0.2) is 4.39 Å². The number of carbonyl (C=O) groups excluding carboxylic acids is 2. The van der Waals surface area contributed by atoms with Crippen molar-refractivity contribution in [2.24, 2.45) is 0 Å². The van der Waals surface area contributed by atoms with Crippen molar-refractivity contribution in [3.8, 4) is 0 Å². The zero-order valence-electron chi connectivity index (χ0n) is 18.4. The van der Waals surface area contributed by atoms with E-state index in [0.717, 1.165) is 24.0 Å². The highest BCUT2D eigenvalue weighted by atomic mass is 32.1. The van der Waals surface area contributed by atoms with Gasteiger partial charge in [-0.1, -0.05) is 31.2 Å². The maximum Gasteiger partial charge on any atom is 0.254 e. The molecule has 0 spiro atoms. The van der Waals surface area contributed by atoms with Gasteiger partial charge in [0.25, 0.3) is 5.91 Å². The lowest BCUT2D eigenvalue weighted by Gasteiger charge is -2.38. The van der Waals surface area contributed by atoms with Gasteiger partial charge < -0.3 is 9.80 Å². The first-order valence-electron chi connectivity index (χ1n) is 11.0. The van der Waals surface area contributed by atoms with E-state index in [1.54, 1.807) is 16.2 Å². The van der Waals surface area contributed by atoms with E-state index in [2.05, 4.69) is 30.5 Å². The van der Waals surface area contributed by atoms with Gasteiger partial charge in [0, 0.05) is 23.5 Å². The number of nitrogens with zero attached hydrogens (tertiary/aromatic N) is 2. The highest BCUT2D eigenvalue weighted by molar-refractivity contribution is 7.10. The summed E-state index contributed by atoms with van der Waals surface area (Å²) < 4.78 is 13.3. The normalized spacial score (nSPS) is 15.3. The molecular formula is C26H27FN2O2S. The van der Waals surface area contributed by atoms with Crippen molar-refractivity contribution in [1.82, 2.24) is 9.80 Å². The zero-order chi connectivity index (χ0) is 22.7. The molecule has 0 aliphatic carbocycles. The molecule has 1 aromatic heterocycles.